The van der Waals surface area contributed by atoms with E-state index in [9.17, 15) is 9.50 Å². The van der Waals surface area contributed by atoms with E-state index in [4.69, 9.17) is 9.31 Å². The summed E-state index contributed by atoms with van der Waals surface area (Å²) in [6.07, 6.45) is 1.34. The Labute approximate surface area is 119 Å². The van der Waals surface area contributed by atoms with Crippen LogP contribution in [0.3, 0.4) is 0 Å². The van der Waals surface area contributed by atoms with E-state index in [1.807, 2.05) is 27.7 Å². The minimum Gasteiger partial charge on any atom is -0.399 e. The summed E-state index contributed by atoms with van der Waals surface area (Å²) in [6.45, 7) is 9.34. The van der Waals surface area contributed by atoms with Gasteiger partial charge >= 0.3 is 7.12 Å². The molecule has 0 amide bonds. The molecule has 0 spiro atoms. The van der Waals surface area contributed by atoms with Gasteiger partial charge in [0.25, 0.3) is 0 Å². The first-order valence-corrected chi connectivity index (χ1v) is 6.80. The first-order chi connectivity index (χ1) is 9.12. The van der Waals surface area contributed by atoms with Crippen molar-refractivity contribution in [1.82, 2.24) is 4.98 Å². The first-order valence-electron chi connectivity index (χ1n) is 6.80. The van der Waals surface area contributed by atoms with E-state index < -0.39 is 30.4 Å². The Morgan fingerprint density at radius 3 is 2.35 bits per heavy atom. The lowest BCUT2D eigenvalue weighted by molar-refractivity contribution is 0.00578. The monoisotopic (exact) mass is 281 g/mol. The number of pyridine rings is 1. The normalized spacial score (nSPS) is 22.1. The number of hydrogen-bond donors (Lipinski definition) is 1. The number of hydrogen-bond acceptors (Lipinski definition) is 4. The number of halogens is 1. The van der Waals surface area contributed by atoms with Crippen molar-refractivity contribution >= 4 is 12.6 Å². The fourth-order valence-corrected chi connectivity index (χ4v) is 2.10. The molecule has 6 heteroatoms. The van der Waals surface area contributed by atoms with Crippen LogP contribution in [0.15, 0.2) is 12.3 Å². The molecule has 1 aromatic rings. The molecule has 1 saturated heterocycles. The molecule has 2 rings (SSSR count). The van der Waals surface area contributed by atoms with Crippen LogP contribution in [-0.4, -0.2) is 34.5 Å². The number of aromatic nitrogens is 1. The minimum atomic E-state index is -0.776. The first kappa shape index (κ1) is 15.4. The van der Waals surface area contributed by atoms with Crippen LogP contribution in [0.1, 0.15) is 40.2 Å². The molecule has 1 aromatic heterocycles. The van der Waals surface area contributed by atoms with Gasteiger partial charge in [0.05, 0.1) is 17.3 Å². The van der Waals surface area contributed by atoms with Crippen molar-refractivity contribution < 1.29 is 18.8 Å². The maximum absolute atomic E-state index is 13.9. The molecule has 1 aliphatic heterocycles. The molecule has 4 nitrogen and oxygen atoms in total. The zero-order chi connectivity index (χ0) is 15.1. The lowest BCUT2D eigenvalue weighted by atomic mass is 9.79. The van der Waals surface area contributed by atoms with E-state index in [-0.39, 0.29) is 5.46 Å². The van der Waals surface area contributed by atoms with Crippen molar-refractivity contribution in [3.8, 4) is 0 Å². The van der Waals surface area contributed by atoms with Crippen LogP contribution in [-0.2, 0) is 15.7 Å². The average Bonchev–Trinajstić information content (AvgIpc) is 2.50. The van der Waals surface area contributed by atoms with Gasteiger partial charge in [0.1, 0.15) is 0 Å². The number of aliphatic hydroxyl groups excluding tert-OH is 1. The van der Waals surface area contributed by atoms with E-state index in [0.717, 1.165) is 5.56 Å². The van der Waals surface area contributed by atoms with Crippen molar-refractivity contribution in [2.24, 2.45) is 0 Å². The molecule has 1 aliphatic rings. The van der Waals surface area contributed by atoms with Crippen LogP contribution in [0.2, 0.25) is 0 Å². The highest BCUT2D eigenvalue weighted by molar-refractivity contribution is 6.62. The smallest absolute Gasteiger partial charge is 0.399 e. The minimum absolute atomic E-state index is 0.279. The molecule has 1 unspecified atom stereocenters. The summed E-state index contributed by atoms with van der Waals surface area (Å²) in [5.74, 6) is -0.599. The summed E-state index contributed by atoms with van der Waals surface area (Å²) >= 11 is 0. The third-order valence-corrected chi connectivity index (χ3v) is 3.96. The molecule has 0 aliphatic carbocycles. The maximum Gasteiger partial charge on any atom is 0.499 e. The highest BCUT2D eigenvalue weighted by Crippen LogP contribution is 2.36. The van der Waals surface area contributed by atoms with Crippen LogP contribution in [0.5, 0.6) is 0 Å². The second kappa shape index (κ2) is 5.09. The van der Waals surface area contributed by atoms with Gasteiger partial charge in [0, 0.05) is 11.7 Å². The van der Waals surface area contributed by atoms with Crippen LogP contribution in [0.4, 0.5) is 4.39 Å². The van der Waals surface area contributed by atoms with Crippen molar-refractivity contribution in [2.45, 2.75) is 58.3 Å². The van der Waals surface area contributed by atoms with Crippen LogP contribution in [0, 0.1) is 5.95 Å². The molecular formula is C14H21BFNO3. The molecule has 1 atom stereocenters. The Bertz CT molecular complexity index is 489. The molecule has 0 radical (unpaired) electrons. The van der Waals surface area contributed by atoms with Gasteiger partial charge in [-0.15, -0.1) is 0 Å². The van der Waals surface area contributed by atoms with E-state index >= 15 is 0 Å². The number of nitrogens with zero attached hydrogens (tertiary/aromatic N) is 1. The molecule has 0 bridgehead atoms. The standard InChI is InChI=1S/C14H21BFNO3/c1-9(18)6-10-7-11(12(16)17-8-10)15-19-13(2,3)14(4,5)20-15/h7-9,18H,6H2,1-5H3. The van der Waals surface area contributed by atoms with Gasteiger partial charge in [0.2, 0.25) is 5.95 Å². The number of rotatable bonds is 3. The SMILES string of the molecule is CC(O)Cc1cnc(F)c(B2OC(C)(C)C(C)(C)O2)c1. The molecule has 1 fully saturated rings. The van der Waals surface area contributed by atoms with Crippen molar-refractivity contribution in [2.75, 3.05) is 0 Å². The zero-order valence-electron chi connectivity index (χ0n) is 12.6. The van der Waals surface area contributed by atoms with Crippen molar-refractivity contribution in [1.29, 1.82) is 0 Å². The van der Waals surface area contributed by atoms with Gasteiger partial charge in [-0.1, -0.05) is 6.07 Å². The van der Waals surface area contributed by atoms with Crippen molar-refractivity contribution in [3.63, 3.8) is 0 Å². The van der Waals surface area contributed by atoms with Crippen LogP contribution >= 0.6 is 0 Å². The van der Waals surface area contributed by atoms with Gasteiger partial charge in [-0.2, -0.15) is 4.39 Å². The highest BCUT2D eigenvalue weighted by Gasteiger charge is 2.52. The molecule has 0 saturated carbocycles. The van der Waals surface area contributed by atoms with E-state index in [0.29, 0.717) is 6.42 Å². The molecular weight excluding hydrogens is 260 g/mol. The molecule has 2 heterocycles. The summed E-state index contributed by atoms with van der Waals surface area (Å²) in [6, 6.07) is 1.65. The largest absolute Gasteiger partial charge is 0.499 e. The lowest BCUT2D eigenvalue weighted by Crippen LogP contribution is -2.41. The summed E-state index contributed by atoms with van der Waals surface area (Å²) in [7, 11) is -0.776. The fraction of sp³-hybridized carbons (Fsp3) is 0.643. The molecule has 1 N–H and O–H groups in total. The van der Waals surface area contributed by atoms with E-state index in [1.165, 1.54) is 6.20 Å². The molecule has 0 aromatic carbocycles. The second-order valence-electron chi connectivity index (χ2n) is 6.36. The zero-order valence-corrected chi connectivity index (χ0v) is 12.6. The Morgan fingerprint density at radius 1 is 1.30 bits per heavy atom. The molecule has 110 valence electrons. The summed E-state index contributed by atoms with van der Waals surface area (Å²) in [5.41, 5.74) is -0.0118. The lowest BCUT2D eigenvalue weighted by Gasteiger charge is -2.32. The third kappa shape index (κ3) is 2.87. The van der Waals surface area contributed by atoms with Gasteiger partial charge in [-0.3, -0.25) is 0 Å². The average molecular weight is 281 g/mol. The summed E-state index contributed by atoms with van der Waals surface area (Å²) < 4.78 is 25.6. The Morgan fingerprint density at radius 2 is 1.85 bits per heavy atom. The van der Waals surface area contributed by atoms with Gasteiger partial charge in [0.15, 0.2) is 0 Å². The van der Waals surface area contributed by atoms with Crippen LogP contribution < -0.4 is 5.46 Å². The topological polar surface area (TPSA) is 51.6 Å². The van der Waals surface area contributed by atoms with Crippen molar-refractivity contribution in [3.05, 3.63) is 23.8 Å². The summed E-state index contributed by atoms with van der Waals surface area (Å²) in [4.78, 5) is 3.73. The van der Waals surface area contributed by atoms with Crippen LogP contribution in [0.25, 0.3) is 0 Å². The fourth-order valence-electron chi connectivity index (χ4n) is 2.10. The van der Waals surface area contributed by atoms with Gasteiger partial charge in [-0.25, -0.2) is 4.98 Å². The quantitative estimate of drug-likeness (QED) is 0.673. The Hall–Kier alpha value is -0.975. The summed E-state index contributed by atoms with van der Waals surface area (Å²) in [5, 5.41) is 9.41. The predicted octanol–water partition coefficient (Wildman–Crippen LogP) is 1.44. The Kier molecular flexibility index (Phi) is 3.93. The molecule has 20 heavy (non-hydrogen) atoms. The van der Waals surface area contributed by atoms with E-state index in [2.05, 4.69) is 4.98 Å². The third-order valence-electron chi connectivity index (χ3n) is 3.96. The van der Waals surface area contributed by atoms with E-state index in [1.54, 1.807) is 13.0 Å². The number of aliphatic hydroxyl groups is 1. The Balaban J connectivity index is 2.30. The van der Waals surface area contributed by atoms with Gasteiger partial charge in [-0.05, 0) is 46.6 Å². The maximum atomic E-state index is 13.9. The van der Waals surface area contributed by atoms with Gasteiger partial charge < -0.3 is 14.4 Å². The predicted molar refractivity (Wildman–Crippen MR) is 75.3 cm³/mol. The highest BCUT2D eigenvalue weighted by atomic mass is 19.1. The second-order valence-corrected chi connectivity index (χ2v) is 6.36.